The van der Waals surface area contributed by atoms with Crippen LogP contribution >= 0.6 is 0 Å². The van der Waals surface area contributed by atoms with Gasteiger partial charge >= 0.3 is 0 Å². The molecule has 0 spiro atoms. The van der Waals surface area contributed by atoms with Crippen LogP contribution in [0.4, 0.5) is 11.5 Å². The van der Waals surface area contributed by atoms with Crippen LogP contribution < -0.4 is 10.2 Å². The van der Waals surface area contributed by atoms with Crippen LogP contribution in [0.15, 0.2) is 59.8 Å². The molecule has 7 heteroatoms. The Morgan fingerprint density at radius 1 is 1.12 bits per heavy atom. The Morgan fingerprint density at radius 2 is 1.92 bits per heavy atom. The third-order valence-electron chi connectivity index (χ3n) is 4.69. The van der Waals surface area contributed by atoms with E-state index in [0.29, 0.717) is 5.82 Å². The second-order valence-electron chi connectivity index (χ2n) is 6.58. The van der Waals surface area contributed by atoms with E-state index in [1.807, 2.05) is 18.2 Å². The minimum atomic E-state index is -3.27. The van der Waals surface area contributed by atoms with Gasteiger partial charge in [-0.25, -0.2) is 18.4 Å². The van der Waals surface area contributed by atoms with Gasteiger partial charge in [-0.05, 0) is 36.8 Å². The lowest BCUT2D eigenvalue weighted by molar-refractivity contribution is 0.602. The number of hydrogen-bond acceptors (Lipinski definition) is 6. The maximum Gasteiger partial charge on any atom is 0.175 e. The van der Waals surface area contributed by atoms with Gasteiger partial charge in [-0.2, -0.15) is 0 Å². The van der Waals surface area contributed by atoms with Gasteiger partial charge in [-0.3, -0.25) is 0 Å². The molecule has 1 aliphatic rings. The number of hydrogen-bond donors (Lipinski definition) is 1. The van der Waals surface area contributed by atoms with Crippen LogP contribution in [0.5, 0.6) is 0 Å². The third-order valence-corrected chi connectivity index (χ3v) is 5.80. The minimum Gasteiger partial charge on any atom is -0.369 e. The van der Waals surface area contributed by atoms with Crippen molar-refractivity contribution in [2.45, 2.75) is 17.4 Å². The van der Waals surface area contributed by atoms with E-state index in [1.54, 1.807) is 18.2 Å². The van der Waals surface area contributed by atoms with Crippen molar-refractivity contribution in [1.29, 1.82) is 0 Å². The van der Waals surface area contributed by atoms with E-state index in [1.165, 1.54) is 18.3 Å². The second-order valence-corrected chi connectivity index (χ2v) is 8.60. The number of benzene rings is 2. The fourth-order valence-electron chi connectivity index (χ4n) is 3.33. The monoisotopic (exact) mass is 368 g/mol. The van der Waals surface area contributed by atoms with E-state index in [0.717, 1.165) is 30.4 Å². The van der Waals surface area contributed by atoms with Gasteiger partial charge in [0.25, 0.3) is 0 Å². The lowest BCUT2D eigenvalue weighted by Crippen LogP contribution is -2.26. The number of anilines is 2. The highest BCUT2D eigenvalue weighted by Crippen LogP contribution is 2.26. The lowest BCUT2D eigenvalue weighted by Gasteiger charge is -2.19. The summed E-state index contributed by atoms with van der Waals surface area (Å²) in [5.74, 6) is 0.681. The molecule has 0 bridgehead atoms. The molecule has 4 rings (SSSR count). The highest BCUT2D eigenvalue weighted by atomic mass is 32.2. The zero-order valence-corrected chi connectivity index (χ0v) is 15.3. The molecular weight excluding hydrogens is 348 g/mol. The van der Waals surface area contributed by atoms with Crippen molar-refractivity contribution in [1.82, 2.24) is 9.97 Å². The fraction of sp³-hybridized carbons (Fsp3) is 0.263. The molecule has 1 aromatic heterocycles. The van der Waals surface area contributed by atoms with Gasteiger partial charge in [0, 0.05) is 36.5 Å². The first-order chi connectivity index (χ1) is 12.5. The Labute approximate surface area is 152 Å². The molecule has 0 amide bonds. The standard InChI is InChI=1S/C19H20N4O2S/c1-26(24,25)16-7-8-18-17(11-16)19(21-13-20-18)22-14-9-10-23(12-14)15-5-3-2-4-6-15/h2-8,11,13-14H,9-10,12H2,1H3,(H,20,21,22)/t14-/m0/s1. The number of para-hydroxylation sites is 1. The Kier molecular flexibility index (Phi) is 4.24. The summed E-state index contributed by atoms with van der Waals surface area (Å²) in [5.41, 5.74) is 1.94. The SMILES string of the molecule is CS(=O)(=O)c1ccc2ncnc(N[C@H]3CCN(c4ccccc4)C3)c2c1. The molecule has 2 aromatic carbocycles. The second kappa shape index (κ2) is 6.57. The van der Waals surface area contributed by atoms with Crippen molar-refractivity contribution in [3.8, 4) is 0 Å². The largest absolute Gasteiger partial charge is 0.369 e. The molecule has 0 unspecified atom stereocenters. The molecule has 6 nitrogen and oxygen atoms in total. The number of aromatic nitrogens is 2. The van der Waals surface area contributed by atoms with Gasteiger partial charge in [0.05, 0.1) is 10.4 Å². The highest BCUT2D eigenvalue weighted by molar-refractivity contribution is 7.90. The summed E-state index contributed by atoms with van der Waals surface area (Å²) in [5, 5.41) is 4.20. The summed E-state index contributed by atoms with van der Waals surface area (Å²) >= 11 is 0. The summed E-state index contributed by atoms with van der Waals surface area (Å²) in [7, 11) is -3.27. The summed E-state index contributed by atoms with van der Waals surface area (Å²) in [4.78, 5) is 11.2. The topological polar surface area (TPSA) is 75.2 Å². The van der Waals surface area contributed by atoms with Crippen LogP contribution in [0.2, 0.25) is 0 Å². The molecule has 1 saturated heterocycles. The predicted molar refractivity (Wildman–Crippen MR) is 103 cm³/mol. The summed E-state index contributed by atoms with van der Waals surface area (Å²) < 4.78 is 23.7. The van der Waals surface area contributed by atoms with Crippen molar-refractivity contribution >= 4 is 32.2 Å². The molecule has 2 heterocycles. The Bertz CT molecular complexity index is 1040. The normalized spacial score (nSPS) is 17.6. The van der Waals surface area contributed by atoms with E-state index in [9.17, 15) is 8.42 Å². The molecule has 0 aliphatic carbocycles. The van der Waals surface area contributed by atoms with Crippen LogP contribution in [0.25, 0.3) is 10.9 Å². The van der Waals surface area contributed by atoms with Gasteiger partial charge in [0.15, 0.2) is 9.84 Å². The van der Waals surface area contributed by atoms with Crippen molar-refractivity contribution in [2.24, 2.45) is 0 Å². The average molecular weight is 368 g/mol. The maximum absolute atomic E-state index is 11.9. The van der Waals surface area contributed by atoms with Crippen LogP contribution in [0, 0.1) is 0 Å². The number of nitrogens with zero attached hydrogens (tertiary/aromatic N) is 3. The molecule has 1 N–H and O–H groups in total. The smallest absolute Gasteiger partial charge is 0.175 e. The van der Waals surface area contributed by atoms with Gasteiger partial charge in [0.2, 0.25) is 0 Å². The first-order valence-electron chi connectivity index (χ1n) is 8.52. The fourth-order valence-corrected chi connectivity index (χ4v) is 3.97. The summed E-state index contributed by atoms with van der Waals surface area (Å²) in [6.07, 6.45) is 3.71. The molecule has 0 radical (unpaired) electrons. The van der Waals surface area contributed by atoms with Crippen molar-refractivity contribution in [3.63, 3.8) is 0 Å². The van der Waals surface area contributed by atoms with Gasteiger partial charge in [-0.15, -0.1) is 0 Å². The molecule has 1 atom stereocenters. The van der Waals surface area contributed by atoms with Crippen LogP contribution in [-0.4, -0.2) is 43.8 Å². The van der Waals surface area contributed by atoms with Gasteiger partial charge in [-0.1, -0.05) is 18.2 Å². The van der Waals surface area contributed by atoms with Gasteiger partial charge in [0.1, 0.15) is 12.1 Å². The third kappa shape index (κ3) is 3.35. The molecule has 1 aliphatic heterocycles. The van der Waals surface area contributed by atoms with Crippen LogP contribution in [-0.2, 0) is 9.84 Å². The van der Waals surface area contributed by atoms with E-state index < -0.39 is 9.84 Å². The number of rotatable bonds is 4. The quantitative estimate of drug-likeness (QED) is 0.763. The van der Waals surface area contributed by atoms with Crippen molar-refractivity contribution < 1.29 is 8.42 Å². The molecule has 134 valence electrons. The Hall–Kier alpha value is -2.67. The van der Waals surface area contributed by atoms with Crippen LogP contribution in [0.1, 0.15) is 6.42 Å². The first-order valence-corrected chi connectivity index (χ1v) is 10.4. The van der Waals surface area contributed by atoms with E-state index in [2.05, 4.69) is 32.3 Å². The average Bonchev–Trinajstić information content (AvgIpc) is 3.10. The summed E-state index contributed by atoms with van der Waals surface area (Å²) in [6, 6.07) is 15.5. The van der Waals surface area contributed by atoms with Crippen molar-refractivity contribution in [2.75, 3.05) is 29.6 Å². The van der Waals surface area contributed by atoms with Gasteiger partial charge < -0.3 is 10.2 Å². The van der Waals surface area contributed by atoms with Crippen LogP contribution in [0.3, 0.4) is 0 Å². The highest BCUT2D eigenvalue weighted by Gasteiger charge is 2.23. The molecule has 1 fully saturated rings. The number of nitrogens with one attached hydrogen (secondary N) is 1. The maximum atomic E-state index is 11.9. The number of fused-ring (bicyclic) bond motifs is 1. The Balaban J connectivity index is 1.59. The number of sulfone groups is 1. The lowest BCUT2D eigenvalue weighted by atomic mass is 10.2. The molecular formula is C19H20N4O2S. The molecule has 26 heavy (non-hydrogen) atoms. The van der Waals surface area contributed by atoms with Crippen molar-refractivity contribution in [3.05, 3.63) is 54.9 Å². The predicted octanol–water partition coefficient (Wildman–Crippen LogP) is 2.72. The zero-order valence-electron chi connectivity index (χ0n) is 14.5. The van der Waals surface area contributed by atoms with E-state index in [-0.39, 0.29) is 10.9 Å². The minimum absolute atomic E-state index is 0.246. The first kappa shape index (κ1) is 16.8. The summed E-state index contributed by atoms with van der Waals surface area (Å²) in [6.45, 7) is 1.85. The van der Waals surface area contributed by atoms with E-state index in [4.69, 9.17) is 0 Å². The zero-order chi connectivity index (χ0) is 18.1. The Morgan fingerprint density at radius 3 is 2.69 bits per heavy atom. The van der Waals surface area contributed by atoms with E-state index >= 15 is 0 Å². The molecule has 3 aromatic rings. The molecule has 0 saturated carbocycles.